The maximum atomic E-state index is 12.0. The second kappa shape index (κ2) is 7.51. The second-order valence-electron chi connectivity index (χ2n) is 4.48. The highest BCUT2D eigenvalue weighted by molar-refractivity contribution is 9.11. The van der Waals surface area contributed by atoms with Gasteiger partial charge in [-0.25, -0.2) is 0 Å². The zero-order valence-corrected chi connectivity index (χ0v) is 13.3. The first kappa shape index (κ1) is 15.9. The fourth-order valence-corrected chi connectivity index (χ4v) is 1.86. The lowest BCUT2D eigenvalue weighted by molar-refractivity contribution is 0.0956. The molecule has 6 heteroatoms. The van der Waals surface area contributed by atoms with Crippen LogP contribution in [0.3, 0.4) is 0 Å². The molecule has 0 radical (unpaired) electrons. The van der Waals surface area contributed by atoms with Crippen LogP contribution in [0.4, 0.5) is 5.69 Å². The van der Waals surface area contributed by atoms with Gasteiger partial charge in [-0.15, -0.1) is 0 Å². The van der Waals surface area contributed by atoms with Crippen LogP contribution >= 0.6 is 15.9 Å². The zero-order valence-electron chi connectivity index (χ0n) is 11.7. The van der Waals surface area contributed by atoms with Crippen molar-refractivity contribution in [2.24, 2.45) is 0 Å². The Morgan fingerprint density at radius 2 is 1.91 bits per heavy atom. The zero-order chi connectivity index (χ0) is 15.9. The number of nitrogens with zero attached hydrogens (tertiary/aromatic N) is 1. The smallest absolute Gasteiger partial charge is 0.257 e. The molecule has 22 heavy (non-hydrogen) atoms. The molecule has 2 N–H and O–H groups in total. The van der Waals surface area contributed by atoms with E-state index in [2.05, 4.69) is 38.1 Å². The number of aromatic nitrogens is 1. The molecule has 2 rings (SSSR count). The summed E-state index contributed by atoms with van der Waals surface area (Å²) in [5.74, 6) is -0.516. The third kappa shape index (κ3) is 4.53. The maximum absolute atomic E-state index is 12.0. The lowest BCUT2D eigenvalue weighted by Crippen LogP contribution is -2.24. The molecule has 0 atom stereocenters. The number of hydrogen-bond acceptors (Lipinski definition) is 3. The highest BCUT2D eigenvalue weighted by Crippen LogP contribution is 2.12. The Kier molecular flexibility index (Phi) is 5.43. The topological polar surface area (TPSA) is 71.1 Å². The van der Waals surface area contributed by atoms with Crippen LogP contribution < -0.4 is 10.6 Å². The summed E-state index contributed by atoms with van der Waals surface area (Å²) < 4.78 is 0.682. The lowest BCUT2D eigenvalue weighted by atomic mass is 10.1. The second-order valence-corrected chi connectivity index (χ2v) is 5.60. The van der Waals surface area contributed by atoms with Gasteiger partial charge in [0.15, 0.2) is 0 Å². The summed E-state index contributed by atoms with van der Waals surface area (Å²) >= 11 is 3.18. The normalized spacial score (nSPS) is 9.86. The molecule has 1 aromatic heterocycles. The summed E-state index contributed by atoms with van der Waals surface area (Å²) in [6, 6.07) is 10.1. The Morgan fingerprint density at radius 1 is 1.14 bits per heavy atom. The van der Waals surface area contributed by atoms with Gasteiger partial charge >= 0.3 is 0 Å². The summed E-state index contributed by atoms with van der Waals surface area (Å²) in [6.45, 7) is 3.99. The quantitative estimate of drug-likeness (QED) is 0.861. The molecule has 0 aliphatic carbocycles. The number of halogens is 1. The first-order chi connectivity index (χ1) is 10.6. The van der Waals surface area contributed by atoms with Gasteiger partial charge in [0.25, 0.3) is 11.8 Å². The summed E-state index contributed by atoms with van der Waals surface area (Å²) in [7, 11) is 0. The molecule has 2 amide bonds. The van der Waals surface area contributed by atoms with Crippen LogP contribution in [0.5, 0.6) is 0 Å². The Morgan fingerprint density at radius 3 is 2.59 bits per heavy atom. The van der Waals surface area contributed by atoms with Gasteiger partial charge in [-0.05, 0) is 30.3 Å². The fraction of sp³-hybridized carbons (Fsp3) is 0.0625. The summed E-state index contributed by atoms with van der Waals surface area (Å²) in [5.41, 5.74) is 1.45. The minimum Gasteiger partial charge on any atom is -0.347 e. The molecule has 0 saturated carbocycles. The van der Waals surface area contributed by atoms with Gasteiger partial charge in [0.05, 0.1) is 5.56 Å². The van der Waals surface area contributed by atoms with Gasteiger partial charge in [-0.2, -0.15) is 0 Å². The molecule has 2 aromatic rings. The maximum Gasteiger partial charge on any atom is 0.257 e. The number of benzene rings is 1. The van der Waals surface area contributed by atoms with Gasteiger partial charge in [0.2, 0.25) is 0 Å². The van der Waals surface area contributed by atoms with Gasteiger partial charge in [-0.3, -0.25) is 14.6 Å². The monoisotopic (exact) mass is 359 g/mol. The molecular formula is C16H14BrN3O2. The Bertz CT molecular complexity index is 702. The first-order valence-electron chi connectivity index (χ1n) is 6.49. The van der Waals surface area contributed by atoms with Crippen LogP contribution in [-0.4, -0.2) is 23.3 Å². The number of rotatable bonds is 5. The third-order valence-electron chi connectivity index (χ3n) is 2.75. The highest BCUT2D eigenvalue weighted by atomic mass is 79.9. The van der Waals surface area contributed by atoms with Crippen molar-refractivity contribution in [3.8, 4) is 0 Å². The average molecular weight is 360 g/mol. The van der Waals surface area contributed by atoms with Crippen molar-refractivity contribution in [2.75, 3.05) is 11.9 Å². The van der Waals surface area contributed by atoms with Crippen molar-refractivity contribution in [3.05, 3.63) is 71.0 Å². The van der Waals surface area contributed by atoms with E-state index in [0.29, 0.717) is 27.8 Å². The lowest BCUT2D eigenvalue weighted by Gasteiger charge is -2.08. The molecule has 1 aromatic carbocycles. The number of hydrogen-bond donors (Lipinski definition) is 2. The van der Waals surface area contributed by atoms with E-state index in [1.807, 2.05) is 0 Å². The van der Waals surface area contributed by atoms with E-state index in [-0.39, 0.29) is 11.8 Å². The van der Waals surface area contributed by atoms with Crippen LogP contribution in [0.15, 0.2) is 59.9 Å². The van der Waals surface area contributed by atoms with E-state index in [9.17, 15) is 9.59 Å². The molecule has 1 heterocycles. The van der Waals surface area contributed by atoms with Crippen LogP contribution in [0, 0.1) is 0 Å². The van der Waals surface area contributed by atoms with E-state index < -0.39 is 0 Å². The number of pyridine rings is 1. The van der Waals surface area contributed by atoms with Crippen molar-refractivity contribution in [1.29, 1.82) is 0 Å². The highest BCUT2D eigenvalue weighted by Gasteiger charge is 2.09. The van der Waals surface area contributed by atoms with Crippen LogP contribution in [-0.2, 0) is 0 Å². The Hall–Kier alpha value is -2.47. The van der Waals surface area contributed by atoms with E-state index in [1.165, 1.54) is 6.20 Å². The number of amides is 2. The Balaban J connectivity index is 2.07. The van der Waals surface area contributed by atoms with Gasteiger partial charge < -0.3 is 10.6 Å². The van der Waals surface area contributed by atoms with Crippen LogP contribution in [0.2, 0.25) is 0 Å². The van der Waals surface area contributed by atoms with Crippen molar-refractivity contribution in [1.82, 2.24) is 10.3 Å². The van der Waals surface area contributed by atoms with Gasteiger partial charge in [0, 0.05) is 34.7 Å². The van der Waals surface area contributed by atoms with Gasteiger partial charge in [0.1, 0.15) is 0 Å². The predicted octanol–water partition coefficient (Wildman–Crippen LogP) is 2.97. The van der Waals surface area contributed by atoms with E-state index in [4.69, 9.17) is 0 Å². The molecule has 5 nitrogen and oxygen atoms in total. The number of carbonyl (C=O) groups excluding carboxylic acids is 2. The van der Waals surface area contributed by atoms with Crippen molar-refractivity contribution in [3.63, 3.8) is 0 Å². The van der Waals surface area contributed by atoms with Crippen molar-refractivity contribution < 1.29 is 9.59 Å². The number of carbonyl (C=O) groups is 2. The summed E-state index contributed by atoms with van der Waals surface area (Å²) in [4.78, 5) is 27.9. The van der Waals surface area contributed by atoms with Crippen LogP contribution in [0.1, 0.15) is 20.7 Å². The molecule has 0 fully saturated rings. The molecule has 0 spiro atoms. The van der Waals surface area contributed by atoms with Gasteiger partial charge in [-0.1, -0.05) is 28.6 Å². The number of anilines is 1. The molecule has 112 valence electrons. The van der Waals surface area contributed by atoms with Crippen LogP contribution in [0.25, 0.3) is 0 Å². The fourth-order valence-electron chi connectivity index (χ4n) is 1.72. The van der Waals surface area contributed by atoms with E-state index >= 15 is 0 Å². The minimum atomic E-state index is -0.278. The standard InChI is InChI=1S/C16H14BrN3O2/c1-11(17)9-19-15(21)12-4-2-6-14(8-12)20-16(22)13-5-3-7-18-10-13/h2-8,10H,1,9H2,(H,19,21)(H,20,22). The molecule has 0 aliphatic rings. The molecular weight excluding hydrogens is 346 g/mol. The molecule has 0 saturated heterocycles. The average Bonchev–Trinajstić information content (AvgIpc) is 2.53. The molecule has 0 unspecified atom stereocenters. The van der Waals surface area contributed by atoms with E-state index in [0.717, 1.165) is 0 Å². The minimum absolute atomic E-state index is 0.238. The molecule has 0 aliphatic heterocycles. The largest absolute Gasteiger partial charge is 0.347 e. The molecule has 0 bridgehead atoms. The predicted molar refractivity (Wildman–Crippen MR) is 89.0 cm³/mol. The van der Waals surface area contributed by atoms with Crippen molar-refractivity contribution >= 4 is 33.4 Å². The SMILES string of the molecule is C=C(Br)CNC(=O)c1cccc(NC(=O)c2cccnc2)c1. The first-order valence-corrected chi connectivity index (χ1v) is 7.28. The summed E-state index contributed by atoms with van der Waals surface area (Å²) in [6.07, 6.45) is 3.08. The van der Waals surface area contributed by atoms with E-state index in [1.54, 1.807) is 42.6 Å². The van der Waals surface area contributed by atoms with Crippen molar-refractivity contribution in [2.45, 2.75) is 0 Å². The summed E-state index contributed by atoms with van der Waals surface area (Å²) in [5, 5.41) is 5.44. The number of nitrogens with one attached hydrogen (secondary N) is 2. The Labute approximate surface area is 136 Å². The third-order valence-corrected chi connectivity index (χ3v) is 3.03.